The Morgan fingerprint density at radius 3 is 3.05 bits per heavy atom. The van der Waals surface area contributed by atoms with Crippen molar-refractivity contribution in [1.29, 1.82) is 0 Å². The van der Waals surface area contributed by atoms with Crippen LogP contribution in [0.2, 0.25) is 0 Å². The van der Waals surface area contributed by atoms with Gasteiger partial charge in [-0.05, 0) is 25.8 Å². The maximum Gasteiger partial charge on any atom is 0.242 e. The summed E-state index contributed by atoms with van der Waals surface area (Å²) >= 11 is 1.60. The van der Waals surface area contributed by atoms with Gasteiger partial charge in [-0.3, -0.25) is 10.2 Å². The molecule has 2 aromatic rings. The number of nitrogens with two attached hydrogens (primary N) is 1. The molecule has 21 heavy (non-hydrogen) atoms. The fraction of sp³-hybridized carbons (Fsp3) is 0.462. The average molecular weight is 306 g/mol. The summed E-state index contributed by atoms with van der Waals surface area (Å²) in [7, 11) is 1.66. The zero-order chi connectivity index (χ0) is 15.0. The van der Waals surface area contributed by atoms with Gasteiger partial charge in [0.05, 0.1) is 5.39 Å². The lowest BCUT2D eigenvalue weighted by Gasteiger charge is -2.25. The van der Waals surface area contributed by atoms with Crippen molar-refractivity contribution in [2.45, 2.75) is 25.8 Å². The molecule has 0 radical (unpaired) electrons. The minimum absolute atomic E-state index is 0.0217. The number of amides is 1. The zero-order valence-electron chi connectivity index (χ0n) is 12.0. The highest BCUT2D eigenvalue weighted by Crippen LogP contribution is 2.34. The van der Waals surface area contributed by atoms with E-state index in [2.05, 4.69) is 31.7 Å². The Morgan fingerprint density at radius 2 is 2.33 bits per heavy atom. The highest BCUT2D eigenvalue weighted by Gasteiger charge is 2.32. The summed E-state index contributed by atoms with van der Waals surface area (Å²) in [5.74, 6) is 6.65. The van der Waals surface area contributed by atoms with Crippen molar-refractivity contribution in [3.05, 3.63) is 10.9 Å². The molecule has 112 valence electrons. The summed E-state index contributed by atoms with van der Waals surface area (Å²) in [5, 5.41) is 3.71. The van der Waals surface area contributed by atoms with Gasteiger partial charge >= 0.3 is 0 Å². The fourth-order valence-corrected chi connectivity index (χ4v) is 3.64. The van der Waals surface area contributed by atoms with Crippen molar-refractivity contribution >= 4 is 39.2 Å². The van der Waals surface area contributed by atoms with E-state index in [0.29, 0.717) is 5.95 Å². The summed E-state index contributed by atoms with van der Waals surface area (Å²) < 4.78 is 0. The van der Waals surface area contributed by atoms with Crippen molar-refractivity contribution in [2.75, 3.05) is 23.9 Å². The first kappa shape index (κ1) is 14.0. The molecule has 0 saturated carbocycles. The average Bonchev–Trinajstić information content (AvgIpc) is 3.10. The summed E-state index contributed by atoms with van der Waals surface area (Å²) in [5.41, 5.74) is 2.51. The number of likely N-dealkylation sites (N-methyl/N-ethyl adjacent to an activating group) is 1. The van der Waals surface area contributed by atoms with E-state index in [1.54, 1.807) is 18.4 Å². The molecule has 1 aliphatic heterocycles. The normalized spacial score (nSPS) is 18.2. The van der Waals surface area contributed by atoms with E-state index in [-0.39, 0.29) is 11.9 Å². The van der Waals surface area contributed by atoms with Gasteiger partial charge in [-0.25, -0.2) is 10.8 Å². The largest absolute Gasteiger partial charge is 0.357 e. The van der Waals surface area contributed by atoms with Crippen LogP contribution in [0.4, 0.5) is 11.8 Å². The Balaban J connectivity index is 2.11. The Hall–Kier alpha value is -1.93. The van der Waals surface area contributed by atoms with Crippen LogP contribution in [0.3, 0.4) is 0 Å². The third-order valence-corrected chi connectivity index (χ3v) is 4.64. The van der Waals surface area contributed by atoms with Crippen molar-refractivity contribution in [1.82, 2.24) is 15.3 Å². The maximum atomic E-state index is 12.1. The smallest absolute Gasteiger partial charge is 0.242 e. The number of nitrogens with zero attached hydrogens (tertiary/aromatic N) is 3. The van der Waals surface area contributed by atoms with Gasteiger partial charge in [0.25, 0.3) is 0 Å². The number of anilines is 2. The number of nitrogens with one attached hydrogen (secondary N) is 2. The van der Waals surface area contributed by atoms with Crippen LogP contribution in [0.15, 0.2) is 6.07 Å². The van der Waals surface area contributed by atoms with E-state index in [1.165, 1.54) is 0 Å². The maximum absolute atomic E-state index is 12.1. The highest BCUT2D eigenvalue weighted by molar-refractivity contribution is 7.18. The van der Waals surface area contributed by atoms with Crippen LogP contribution in [0.5, 0.6) is 0 Å². The molecule has 2 aromatic heterocycles. The second-order valence-corrected chi connectivity index (χ2v) is 6.29. The standard InChI is InChI=1S/C13H18N6OS/c1-7-6-8-10(16-13(18-14)17-12(8)21-7)19-5-3-4-9(19)11(20)15-2/h6,9H,3-5,14H2,1-2H3,(H,15,20)(H,16,17,18). The first-order valence-electron chi connectivity index (χ1n) is 6.87. The summed E-state index contributed by atoms with van der Waals surface area (Å²) in [6.07, 6.45) is 1.80. The topological polar surface area (TPSA) is 96.2 Å². The van der Waals surface area contributed by atoms with Gasteiger partial charge < -0.3 is 10.2 Å². The molecule has 0 aromatic carbocycles. The molecule has 0 spiro atoms. The summed E-state index contributed by atoms with van der Waals surface area (Å²) in [6.45, 7) is 2.84. The van der Waals surface area contributed by atoms with Gasteiger partial charge in [0, 0.05) is 18.5 Å². The SMILES string of the molecule is CNC(=O)C1CCCN1c1nc(NN)nc2sc(C)cc12. The van der Waals surface area contributed by atoms with Gasteiger partial charge in [0.2, 0.25) is 11.9 Å². The van der Waals surface area contributed by atoms with Gasteiger partial charge in [-0.2, -0.15) is 4.98 Å². The third kappa shape index (κ3) is 2.40. The van der Waals surface area contributed by atoms with Crippen molar-refractivity contribution < 1.29 is 4.79 Å². The number of carbonyl (C=O) groups excluding carboxylic acids is 1. The number of thiophene rings is 1. The van der Waals surface area contributed by atoms with E-state index in [9.17, 15) is 4.79 Å². The van der Waals surface area contributed by atoms with Crippen molar-refractivity contribution in [2.24, 2.45) is 5.84 Å². The van der Waals surface area contributed by atoms with Crippen LogP contribution in [-0.2, 0) is 4.79 Å². The molecule has 1 amide bonds. The zero-order valence-corrected chi connectivity index (χ0v) is 12.8. The molecule has 1 unspecified atom stereocenters. The number of hydrazine groups is 1. The number of carbonyl (C=O) groups is 1. The summed E-state index contributed by atoms with van der Waals surface area (Å²) in [4.78, 5) is 25.0. The van der Waals surface area contributed by atoms with E-state index < -0.39 is 0 Å². The highest BCUT2D eigenvalue weighted by atomic mass is 32.1. The van der Waals surface area contributed by atoms with Crippen LogP contribution < -0.4 is 21.5 Å². The van der Waals surface area contributed by atoms with E-state index in [1.807, 2.05) is 6.92 Å². The van der Waals surface area contributed by atoms with Crippen LogP contribution in [-0.4, -0.2) is 35.5 Å². The van der Waals surface area contributed by atoms with Gasteiger partial charge in [-0.15, -0.1) is 11.3 Å². The minimum Gasteiger partial charge on any atom is -0.357 e. The second kappa shape index (κ2) is 5.45. The Kier molecular flexibility index (Phi) is 3.64. The molecule has 1 atom stereocenters. The molecule has 4 N–H and O–H groups in total. The fourth-order valence-electron chi connectivity index (χ4n) is 2.77. The predicted octanol–water partition coefficient (Wildman–Crippen LogP) is 1.00. The first-order chi connectivity index (χ1) is 10.1. The molecule has 0 aliphatic carbocycles. The number of aryl methyl sites for hydroxylation is 1. The number of rotatable bonds is 3. The Morgan fingerprint density at radius 1 is 1.52 bits per heavy atom. The molecule has 8 heteroatoms. The molecule has 3 rings (SSSR count). The van der Waals surface area contributed by atoms with Gasteiger partial charge in [-0.1, -0.05) is 0 Å². The lowest BCUT2D eigenvalue weighted by atomic mass is 10.2. The monoisotopic (exact) mass is 306 g/mol. The number of nitrogen functional groups attached to an aromatic ring is 1. The molecular formula is C13H18N6OS. The van der Waals surface area contributed by atoms with Crippen LogP contribution in [0.1, 0.15) is 17.7 Å². The molecule has 0 bridgehead atoms. The van der Waals surface area contributed by atoms with Crippen molar-refractivity contribution in [3.63, 3.8) is 0 Å². The predicted molar refractivity (Wildman–Crippen MR) is 84.4 cm³/mol. The molecule has 1 fully saturated rings. The first-order valence-corrected chi connectivity index (χ1v) is 7.68. The van der Waals surface area contributed by atoms with Gasteiger partial charge in [0.15, 0.2) is 0 Å². The number of fused-ring (bicyclic) bond motifs is 1. The molecule has 1 saturated heterocycles. The molecular weight excluding hydrogens is 288 g/mol. The lowest BCUT2D eigenvalue weighted by molar-refractivity contribution is -0.121. The summed E-state index contributed by atoms with van der Waals surface area (Å²) in [6, 6.07) is 1.88. The Bertz CT molecular complexity index is 685. The number of hydrogen-bond donors (Lipinski definition) is 3. The quantitative estimate of drug-likeness (QED) is 0.578. The third-order valence-electron chi connectivity index (χ3n) is 3.70. The van der Waals surface area contributed by atoms with Gasteiger partial charge in [0.1, 0.15) is 16.7 Å². The number of aromatic nitrogens is 2. The minimum atomic E-state index is -0.182. The molecule has 1 aliphatic rings. The van der Waals surface area contributed by atoms with Crippen LogP contribution in [0.25, 0.3) is 10.2 Å². The van der Waals surface area contributed by atoms with Crippen LogP contribution >= 0.6 is 11.3 Å². The lowest BCUT2D eigenvalue weighted by Crippen LogP contribution is -2.42. The van der Waals surface area contributed by atoms with E-state index >= 15 is 0 Å². The molecule has 7 nitrogen and oxygen atoms in total. The Labute approximate surface area is 126 Å². The molecule has 3 heterocycles. The van der Waals surface area contributed by atoms with Crippen LogP contribution in [0, 0.1) is 6.92 Å². The second-order valence-electron chi connectivity index (χ2n) is 5.06. The van der Waals surface area contributed by atoms with E-state index in [0.717, 1.165) is 40.3 Å². The number of hydrogen-bond acceptors (Lipinski definition) is 7. The van der Waals surface area contributed by atoms with E-state index in [4.69, 9.17) is 5.84 Å². The van der Waals surface area contributed by atoms with Crippen molar-refractivity contribution in [3.8, 4) is 0 Å².